The standard InChI is InChI=1S/C8H24OSi3/c1-7-8-11(3,4)12(5,6)9-10-2/h7-8,10H2,1-6H3. The molecule has 0 heterocycles. The highest BCUT2D eigenvalue weighted by Gasteiger charge is 2.40. The monoisotopic (exact) mass is 220 g/mol. The normalized spacial score (nSPS) is 14.5. The van der Waals surface area contributed by atoms with Gasteiger partial charge in [-0.3, -0.25) is 0 Å². The third-order valence-electron chi connectivity index (χ3n) is 3.01. The van der Waals surface area contributed by atoms with Gasteiger partial charge in [0.1, 0.15) is 9.76 Å². The van der Waals surface area contributed by atoms with Gasteiger partial charge in [-0.2, -0.15) is 0 Å². The van der Waals surface area contributed by atoms with Crippen molar-refractivity contribution < 1.29 is 4.12 Å². The Hall–Kier alpha value is 0.611. The Morgan fingerprint density at radius 3 is 2.00 bits per heavy atom. The molecule has 0 aliphatic rings. The summed E-state index contributed by atoms with van der Waals surface area (Å²) in [5.41, 5.74) is 0. The van der Waals surface area contributed by atoms with Gasteiger partial charge in [0.2, 0.25) is 0 Å². The van der Waals surface area contributed by atoms with Crippen molar-refractivity contribution in [3.8, 4) is 0 Å². The molecule has 0 aromatic heterocycles. The van der Waals surface area contributed by atoms with Crippen LogP contribution in [-0.2, 0) is 4.12 Å². The fraction of sp³-hybridized carbons (Fsp3) is 1.00. The Morgan fingerprint density at radius 2 is 1.67 bits per heavy atom. The molecule has 0 fully saturated rings. The zero-order valence-electron chi connectivity index (χ0n) is 9.53. The van der Waals surface area contributed by atoms with Crippen molar-refractivity contribution in [1.82, 2.24) is 0 Å². The molecule has 74 valence electrons. The van der Waals surface area contributed by atoms with E-state index in [1.54, 1.807) is 0 Å². The first-order valence-corrected chi connectivity index (χ1v) is 14.1. The van der Waals surface area contributed by atoms with Crippen LogP contribution < -0.4 is 0 Å². The maximum Gasteiger partial charge on any atom is 0.159 e. The van der Waals surface area contributed by atoms with Crippen molar-refractivity contribution in [2.45, 2.75) is 52.1 Å². The van der Waals surface area contributed by atoms with E-state index in [2.05, 4.69) is 39.7 Å². The van der Waals surface area contributed by atoms with Crippen LogP contribution in [0.1, 0.15) is 13.3 Å². The van der Waals surface area contributed by atoms with Gasteiger partial charge in [-0.15, -0.1) is 0 Å². The molecule has 1 nitrogen and oxygen atoms in total. The summed E-state index contributed by atoms with van der Waals surface area (Å²) in [4.78, 5) is 0. The van der Waals surface area contributed by atoms with Crippen molar-refractivity contribution in [2.75, 3.05) is 0 Å². The molecule has 0 aromatic carbocycles. The fourth-order valence-corrected chi connectivity index (χ4v) is 15.2. The smallest absolute Gasteiger partial charge is 0.159 e. The Kier molecular flexibility index (Phi) is 4.98. The molecule has 0 spiro atoms. The van der Waals surface area contributed by atoms with E-state index in [1.807, 2.05) is 0 Å². The van der Waals surface area contributed by atoms with Crippen LogP contribution in [0, 0.1) is 0 Å². The quantitative estimate of drug-likeness (QED) is 0.647. The second kappa shape index (κ2) is 4.74. The summed E-state index contributed by atoms with van der Waals surface area (Å²) in [6.45, 7) is 14.4. The largest absolute Gasteiger partial charge is 0.463 e. The highest BCUT2D eigenvalue weighted by Crippen LogP contribution is 2.24. The summed E-state index contributed by atoms with van der Waals surface area (Å²) in [6.07, 6.45) is 1.34. The predicted octanol–water partition coefficient (Wildman–Crippen LogP) is 2.54. The molecular weight excluding hydrogens is 196 g/mol. The predicted molar refractivity (Wildman–Crippen MR) is 65.6 cm³/mol. The van der Waals surface area contributed by atoms with E-state index in [0.717, 1.165) is 0 Å². The lowest BCUT2D eigenvalue weighted by Crippen LogP contribution is -2.57. The third-order valence-corrected chi connectivity index (χ3v) is 23.9. The Morgan fingerprint density at radius 1 is 1.17 bits per heavy atom. The SMILES string of the molecule is CCC[Si](C)(C)[Si](C)(C)O[SiH2]C. The van der Waals surface area contributed by atoms with Crippen molar-refractivity contribution in [1.29, 1.82) is 0 Å². The highest BCUT2D eigenvalue weighted by molar-refractivity contribution is 7.38. The molecule has 0 rings (SSSR count). The Balaban J connectivity index is 4.28. The second-order valence-corrected chi connectivity index (χ2v) is 21.3. The fourth-order valence-electron chi connectivity index (χ4n) is 1.48. The van der Waals surface area contributed by atoms with Crippen LogP contribution in [0.5, 0.6) is 0 Å². The topological polar surface area (TPSA) is 9.23 Å². The van der Waals surface area contributed by atoms with Gasteiger partial charge >= 0.3 is 0 Å². The van der Waals surface area contributed by atoms with E-state index in [-0.39, 0.29) is 9.76 Å². The van der Waals surface area contributed by atoms with Gasteiger partial charge < -0.3 is 4.12 Å². The van der Waals surface area contributed by atoms with Crippen molar-refractivity contribution >= 4 is 25.2 Å². The lowest BCUT2D eigenvalue weighted by atomic mass is 10.6. The molecule has 0 saturated carbocycles. The van der Waals surface area contributed by atoms with Crippen LogP contribution in [-0.4, -0.2) is 25.2 Å². The highest BCUT2D eigenvalue weighted by atomic mass is 29.3. The maximum atomic E-state index is 6.09. The second-order valence-electron chi connectivity index (χ2n) is 4.58. The molecule has 0 radical (unpaired) electrons. The lowest BCUT2D eigenvalue weighted by Gasteiger charge is -2.37. The molecule has 0 aromatic rings. The summed E-state index contributed by atoms with van der Waals surface area (Å²) in [5, 5.41) is 0. The summed E-state index contributed by atoms with van der Waals surface area (Å²) < 4.78 is 6.09. The van der Waals surface area contributed by atoms with Gasteiger partial charge in [0.25, 0.3) is 0 Å². The average molecular weight is 221 g/mol. The van der Waals surface area contributed by atoms with Crippen molar-refractivity contribution in [2.24, 2.45) is 0 Å². The first-order valence-electron chi connectivity index (χ1n) is 5.01. The van der Waals surface area contributed by atoms with Crippen molar-refractivity contribution in [3.63, 3.8) is 0 Å². The zero-order chi connectivity index (χ0) is 9.83. The minimum Gasteiger partial charge on any atom is -0.463 e. The number of hydrogen-bond donors (Lipinski definition) is 0. The number of hydrogen-bond acceptors (Lipinski definition) is 1. The summed E-state index contributed by atoms with van der Waals surface area (Å²) in [5.74, 6) is 0. The van der Waals surface area contributed by atoms with Crippen LogP contribution in [0.25, 0.3) is 0 Å². The van der Waals surface area contributed by atoms with Gasteiger partial charge in [0, 0.05) is 0 Å². The summed E-state index contributed by atoms with van der Waals surface area (Å²) in [7, 11) is -2.44. The molecule has 0 bridgehead atoms. The first kappa shape index (κ1) is 12.6. The molecule has 12 heavy (non-hydrogen) atoms. The molecule has 0 aliphatic carbocycles. The minimum atomic E-state index is -1.25. The van der Waals surface area contributed by atoms with Crippen LogP contribution in [0.15, 0.2) is 0 Å². The van der Waals surface area contributed by atoms with Crippen LogP contribution in [0.3, 0.4) is 0 Å². The maximum absolute atomic E-state index is 6.09. The van der Waals surface area contributed by atoms with E-state index in [0.29, 0.717) is 0 Å². The van der Waals surface area contributed by atoms with E-state index >= 15 is 0 Å². The minimum absolute atomic E-state index is 0.191. The zero-order valence-corrected chi connectivity index (χ0v) is 12.9. The summed E-state index contributed by atoms with van der Waals surface area (Å²) in [6, 6.07) is 1.45. The van der Waals surface area contributed by atoms with Crippen LogP contribution >= 0.6 is 0 Å². The molecule has 4 heteroatoms. The number of rotatable bonds is 5. The van der Waals surface area contributed by atoms with Crippen LogP contribution in [0.4, 0.5) is 0 Å². The average Bonchev–Trinajstić information content (AvgIpc) is 1.86. The van der Waals surface area contributed by atoms with Gasteiger partial charge in [-0.05, 0) is 13.1 Å². The Bertz CT molecular complexity index is 118. The molecular formula is C8H24OSi3. The van der Waals surface area contributed by atoms with Crippen molar-refractivity contribution in [3.05, 3.63) is 0 Å². The third kappa shape index (κ3) is 3.16. The van der Waals surface area contributed by atoms with E-state index in [1.165, 1.54) is 12.5 Å². The summed E-state index contributed by atoms with van der Waals surface area (Å²) >= 11 is 0. The molecule has 0 amide bonds. The molecule has 0 saturated heterocycles. The van der Waals surface area contributed by atoms with E-state index in [9.17, 15) is 0 Å². The van der Waals surface area contributed by atoms with E-state index < -0.39 is 15.4 Å². The Labute approximate surface area is 81.8 Å². The van der Waals surface area contributed by atoms with Gasteiger partial charge in [0.05, 0.1) is 7.59 Å². The molecule has 0 aliphatic heterocycles. The van der Waals surface area contributed by atoms with Gasteiger partial charge in [0.15, 0.2) is 7.83 Å². The van der Waals surface area contributed by atoms with E-state index in [4.69, 9.17) is 4.12 Å². The molecule has 0 N–H and O–H groups in total. The lowest BCUT2D eigenvalue weighted by molar-refractivity contribution is 0.614. The molecule has 0 unspecified atom stereocenters. The first-order chi connectivity index (χ1) is 5.37. The van der Waals surface area contributed by atoms with Gasteiger partial charge in [-0.25, -0.2) is 0 Å². The van der Waals surface area contributed by atoms with Gasteiger partial charge in [-0.1, -0.05) is 39.0 Å². The molecule has 0 atom stereocenters. The van der Waals surface area contributed by atoms with Crippen LogP contribution in [0.2, 0.25) is 38.8 Å².